The van der Waals surface area contributed by atoms with Crippen LogP contribution in [0, 0.1) is 17.7 Å². The molecule has 0 spiro atoms. The number of piperidine rings is 3. The Morgan fingerprint density at radius 3 is 2.48 bits per heavy atom. The maximum Gasteiger partial charge on any atom is 0.301 e. The summed E-state index contributed by atoms with van der Waals surface area (Å²) in [5, 5.41) is 14.6. The van der Waals surface area contributed by atoms with Crippen LogP contribution < -0.4 is 31.1 Å². The molecular weight excluding hydrogens is 825 g/mol. The summed E-state index contributed by atoms with van der Waals surface area (Å²) >= 11 is 6.58. The minimum atomic E-state index is -3.23. The second-order valence-electron chi connectivity index (χ2n) is 17.7. The number of carbonyl (C=O) groups excluding carboxylic acids is 2. The third-order valence-electron chi connectivity index (χ3n) is 13.6. The lowest BCUT2D eigenvalue weighted by Gasteiger charge is -2.38. The number of carbonyl (C=O) groups is 2. The number of nitrogens with zero attached hydrogens (tertiary/aromatic N) is 7. The van der Waals surface area contributed by atoms with Crippen LogP contribution >= 0.6 is 11.6 Å². The molecule has 0 bridgehead atoms. The van der Waals surface area contributed by atoms with E-state index in [1.165, 1.54) is 24.9 Å². The number of rotatable bonds is 8. The zero-order valence-electron chi connectivity index (χ0n) is 34.5. The summed E-state index contributed by atoms with van der Waals surface area (Å²) in [6.07, 6.45) is 7.61. The summed E-state index contributed by atoms with van der Waals surface area (Å²) in [5.41, 5.74) is 2.59. The van der Waals surface area contributed by atoms with Gasteiger partial charge in [0.1, 0.15) is 10.8 Å². The molecule has 1 saturated carbocycles. The van der Waals surface area contributed by atoms with Gasteiger partial charge in [-0.3, -0.25) is 24.4 Å². The van der Waals surface area contributed by atoms with Crippen molar-refractivity contribution in [2.45, 2.75) is 75.2 Å². The van der Waals surface area contributed by atoms with Gasteiger partial charge in [-0.05, 0) is 99.6 Å². The SMILES string of the molecule is Cn1nc(C2CCC(=O)NC2=O)c2ccc(C3CCN(CC4CCN(c5ncc(Cl)c(Nc6cc(F)c7c(c6)c6c(c(=O)n7C)OCC(F)(F)[C@H](C7CC7)N6)n5)CC4)CC3)cc21. The van der Waals surface area contributed by atoms with Crippen molar-refractivity contribution in [2.24, 2.45) is 25.9 Å². The molecular formula is C44H48ClF3N10O4. The monoisotopic (exact) mass is 872 g/mol. The van der Waals surface area contributed by atoms with Gasteiger partial charge in [-0.1, -0.05) is 23.7 Å². The Labute approximate surface area is 360 Å². The van der Waals surface area contributed by atoms with Gasteiger partial charge in [-0.15, -0.1) is 0 Å². The fourth-order valence-electron chi connectivity index (χ4n) is 10.0. The Kier molecular flexibility index (Phi) is 10.3. The molecule has 14 nitrogen and oxygen atoms in total. The van der Waals surface area contributed by atoms with Gasteiger partial charge in [0.2, 0.25) is 23.5 Å². The number of amides is 2. The predicted octanol–water partition coefficient (Wildman–Crippen LogP) is 6.59. The average molecular weight is 873 g/mol. The van der Waals surface area contributed by atoms with Crippen molar-refractivity contribution in [3.8, 4) is 5.75 Å². The lowest BCUT2D eigenvalue weighted by Crippen LogP contribution is -2.44. The quantitative estimate of drug-likeness (QED) is 0.145. The fraction of sp³-hybridized carbons (Fsp3) is 0.500. The van der Waals surface area contributed by atoms with Gasteiger partial charge < -0.3 is 29.7 Å². The first-order valence-electron chi connectivity index (χ1n) is 21.5. The maximum absolute atomic E-state index is 15.9. The number of benzene rings is 2. The number of likely N-dealkylation sites (tertiary alicyclic amines) is 1. The molecule has 1 unspecified atom stereocenters. The van der Waals surface area contributed by atoms with Crippen LogP contribution in [0.5, 0.6) is 5.75 Å². The summed E-state index contributed by atoms with van der Waals surface area (Å²) < 4.78 is 54.6. The Bertz CT molecular complexity index is 2670. The molecule has 18 heteroatoms. The number of anilines is 4. The topological polar surface area (TPSA) is 152 Å². The molecule has 2 aromatic carbocycles. The fourth-order valence-corrected chi connectivity index (χ4v) is 10.1. The molecule has 2 atom stereocenters. The number of hydrogen-bond acceptors (Lipinski definition) is 11. The number of aromatic nitrogens is 5. The molecule has 4 fully saturated rings. The molecule has 2 amide bonds. The van der Waals surface area contributed by atoms with Gasteiger partial charge >= 0.3 is 5.92 Å². The lowest BCUT2D eigenvalue weighted by atomic mass is 9.87. The number of aryl methyl sites for hydroxylation is 2. The van der Waals surface area contributed by atoms with Gasteiger partial charge in [0.25, 0.3) is 5.56 Å². The van der Waals surface area contributed by atoms with Crippen molar-refractivity contribution in [3.05, 3.63) is 69.0 Å². The smallest absolute Gasteiger partial charge is 0.301 e. The number of halogens is 4. The zero-order chi connectivity index (χ0) is 43.0. The molecule has 5 aromatic rings. The van der Waals surface area contributed by atoms with Gasteiger partial charge in [-0.25, -0.2) is 18.2 Å². The third-order valence-corrected chi connectivity index (χ3v) is 13.9. The zero-order valence-corrected chi connectivity index (χ0v) is 35.3. The normalized spacial score (nSPS) is 22.6. The van der Waals surface area contributed by atoms with Crippen molar-refractivity contribution in [3.63, 3.8) is 0 Å². The Balaban J connectivity index is 0.774. The summed E-state index contributed by atoms with van der Waals surface area (Å²) in [5.74, 6) is -3.71. The molecule has 326 valence electrons. The highest BCUT2D eigenvalue weighted by atomic mass is 35.5. The minimum Gasteiger partial charge on any atom is -0.480 e. The molecule has 3 aromatic heterocycles. The molecule has 3 saturated heterocycles. The van der Waals surface area contributed by atoms with Crippen molar-refractivity contribution in [1.29, 1.82) is 0 Å². The minimum absolute atomic E-state index is 0.0389. The highest BCUT2D eigenvalue weighted by Gasteiger charge is 2.51. The summed E-state index contributed by atoms with van der Waals surface area (Å²) in [6.45, 7) is 3.61. The number of alkyl halides is 2. The van der Waals surface area contributed by atoms with E-state index < -0.39 is 35.9 Å². The van der Waals surface area contributed by atoms with Crippen LogP contribution in [0.25, 0.3) is 21.8 Å². The van der Waals surface area contributed by atoms with Crippen molar-refractivity contribution in [2.75, 3.05) is 54.9 Å². The van der Waals surface area contributed by atoms with Crippen molar-refractivity contribution < 1.29 is 27.5 Å². The van der Waals surface area contributed by atoms with Gasteiger partial charge in [0.05, 0.1) is 40.6 Å². The van der Waals surface area contributed by atoms with E-state index in [-0.39, 0.29) is 56.6 Å². The van der Waals surface area contributed by atoms with Crippen LogP contribution in [0.1, 0.15) is 74.5 Å². The Morgan fingerprint density at radius 2 is 1.74 bits per heavy atom. The number of hydrogen-bond donors (Lipinski definition) is 3. The third kappa shape index (κ3) is 7.50. The van der Waals surface area contributed by atoms with E-state index >= 15 is 13.2 Å². The Hall–Kier alpha value is -5.42. The second kappa shape index (κ2) is 15.7. The van der Waals surface area contributed by atoms with E-state index in [0.717, 1.165) is 79.6 Å². The molecule has 0 radical (unpaired) electrons. The van der Waals surface area contributed by atoms with Crippen molar-refractivity contribution >= 4 is 68.4 Å². The van der Waals surface area contributed by atoms with E-state index in [2.05, 4.69) is 48.9 Å². The van der Waals surface area contributed by atoms with E-state index in [9.17, 15) is 14.4 Å². The van der Waals surface area contributed by atoms with Gasteiger partial charge in [0, 0.05) is 56.6 Å². The second-order valence-corrected chi connectivity index (χ2v) is 18.1. The van der Waals surface area contributed by atoms with Crippen LogP contribution in [-0.2, 0) is 23.7 Å². The summed E-state index contributed by atoms with van der Waals surface area (Å²) in [4.78, 5) is 51.5. The lowest BCUT2D eigenvalue weighted by molar-refractivity contribution is -0.134. The number of pyridine rings is 1. The average Bonchev–Trinajstić information content (AvgIpc) is 4.06. The first kappa shape index (κ1) is 40.6. The van der Waals surface area contributed by atoms with Gasteiger partial charge in [0.15, 0.2) is 12.4 Å². The van der Waals surface area contributed by atoms with Crippen LogP contribution in [0.3, 0.4) is 0 Å². The van der Waals surface area contributed by atoms with Crippen LogP contribution in [-0.4, -0.2) is 92.3 Å². The summed E-state index contributed by atoms with van der Waals surface area (Å²) in [6, 6.07) is 8.05. The number of imide groups is 1. The van der Waals surface area contributed by atoms with Gasteiger partial charge in [-0.2, -0.15) is 10.1 Å². The predicted molar refractivity (Wildman–Crippen MR) is 229 cm³/mol. The highest BCUT2D eigenvalue weighted by Crippen LogP contribution is 2.46. The largest absolute Gasteiger partial charge is 0.480 e. The molecule has 4 aliphatic heterocycles. The van der Waals surface area contributed by atoms with Crippen molar-refractivity contribution in [1.82, 2.24) is 34.5 Å². The standard InChI is InChI=1S/C44H48ClF3N10O4/c1-55-37-30(36-38(42(55)61)62-22-44(47,48)39(52-36)25-3-4-25)18-27(19-32(37)46)50-40-31(45)20-49-43(53-40)58-15-9-23(10-16-58)21-57-13-11-24(12-14-57)26-5-6-28-33(17-26)56(2)54-35(28)29-7-8-34(59)51-41(29)60/h5-6,17-20,23-25,29,39,52H,3-4,7-16,21-22H2,1-2H3,(H,49,50,53)(H,51,59,60)/t29?,39-/m0/s1. The molecule has 5 aliphatic rings. The highest BCUT2D eigenvalue weighted by molar-refractivity contribution is 6.33. The molecule has 1 aliphatic carbocycles. The van der Waals surface area contributed by atoms with Crippen LogP contribution in [0.2, 0.25) is 5.02 Å². The molecule has 7 heterocycles. The van der Waals surface area contributed by atoms with E-state index in [0.29, 0.717) is 43.5 Å². The Morgan fingerprint density at radius 1 is 0.968 bits per heavy atom. The molecule has 10 rings (SSSR count). The molecule has 62 heavy (non-hydrogen) atoms. The van der Waals surface area contributed by atoms with E-state index in [1.54, 1.807) is 6.07 Å². The summed E-state index contributed by atoms with van der Waals surface area (Å²) in [7, 11) is 3.30. The van der Waals surface area contributed by atoms with E-state index in [4.69, 9.17) is 26.4 Å². The number of ether oxygens (including phenoxy) is 1. The molecule has 3 N–H and O–H groups in total. The number of nitrogens with one attached hydrogen (secondary N) is 3. The first-order chi connectivity index (χ1) is 29.8. The number of fused-ring (bicyclic) bond motifs is 4. The maximum atomic E-state index is 15.9. The van der Waals surface area contributed by atoms with Crippen LogP contribution in [0.15, 0.2) is 41.3 Å². The van der Waals surface area contributed by atoms with E-state index in [1.807, 2.05) is 11.7 Å². The van der Waals surface area contributed by atoms with Crippen LogP contribution in [0.4, 0.5) is 36.3 Å². The first-order valence-corrected chi connectivity index (χ1v) is 21.9.